The standard InChI is InChI=1S/C16H30N2O2/c1-5-20-15(19)16(17-4)9-8-14(10-16)18(12(2)3)11-13-6-7-13/h12-14,17H,5-11H2,1-4H3. The van der Waals surface area contributed by atoms with Crippen LogP contribution in [0.1, 0.15) is 52.9 Å². The van der Waals surface area contributed by atoms with E-state index in [0.29, 0.717) is 18.7 Å². The number of nitrogens with zero attached hydrogens (tertiary/aromatic N) is 1. The van der Waals surface area contributed by atoms with Crippen molar-refractivity contribution in [3.05, 3.63) is 0 Å². The van der Waals surface area contributed by atoms with Crippen molar-refractivity contribution in [1.29, 1.82) is 0 Å². The Morgan fingerprint density at radius 1 is 1.40 bits per heavy atom. The molecule has 116 valence electrons. The van der Waals surface area contributed by atoms with Gasteiger partial charge in [0.2, 0.25) is 0 Å². The van der Waals surface area contributed by atoms with Gasteiger partial charge in [0.05, 0.1) is 6.61 Å². The molecule has 0 aromatic carbocycles. The molecule has 4 heteroatoms. The summed E-state index contributed by atoms with van der Waals surface area (Å²) in [4.78, 5) is 14.9. The molecule has 2 fully saturated rings. The lowest BCUT2D eigenvalue weighted by molar-refractivity contribution is -0.151. The van der Waals surface area contributed by atoms with Crippen LogP contribution in [0, 0.1) is 5.92 Å². The smallest absolute Gasteiger partial charge is 0.326 e. The third kappa shape index (κ3) is 3.34. The lowest BCUT2D eigenvalue weighted by Gasteiger charge is -2.34. The number of rotatable bonds is 7. The Morgan fingerprint density at radius 2 is 2.10 bits per heavy atom. The molecule has 0 aliphatic heterocycles. The van der Waals surface area contributed by atoms with Crippen LogP contribution in [0.2, 0.25) is 0 Å². The van der Waals surface area contributed by atoms with Gasteiger partial charge in [0.25, 0.3) is 0 Å². The van der Waals surface area contributed by atoms with Crippen LogP contribution in [0.3, 0.4) is 0 Å². The summed E-state index contributed by atoms with van der Waals surface area (Å²) >= 11 is 0. The minimum absolute atomic E-state index is 0.0693. The first-order valence-electron chi connectivity index (χ1n) is 8.14. The number of nitrogens with one attached hydrogen (secondary N) is 1. The fraction of sp³-hybridized carbons (Fsp3) is 0.938. The van der Waals surface area contributed by atoms with E-state index in [-0.39, 0.29) is 5.97 Å². The molecule has 0 heterocycles. The third-order valence-corrected chi connectivity index (χ3v) is 4.93. The third-order valence-electron chi connectivity index (χ3n) is 4.93. The van der Waals surface area contributed by atoms with Crippen molar-refractivity contribution in [3.63, 3.8) is 0 Å². The Bertz CT molecular complexity index is 341. The van der Waals surface area contributed by atoms with Crippen LogP contribution in [0.15, 0.2) is 0 Å². The average Bonchev–Trinajstić information content (AvgIpc) is 3.13. The van der Waals surface area contributed by atoms with Gasteiger partial charge in [-0.3, -0.25) is 9.69 Å². The monoisotopic (exact) mass is 282 g/mol. The molecule has 4 nitrogen and oxygen atoms in total. The van der Waals surface area contributed by atoms with E-state index in [1.807, 2.05) is 14.0 Å². The minimum atomic E-state index is -0.461. The Morgan fingerprint density at radius 3 is 2.60 bits per heavy atom. The van der Waals surface area contributed by atoms with Crippen LogP contribution in [0.25, 0.3) is 0 Å². The summed E-state index contributed by atoms with van der Waals surface area (Å²) in [5.74, 6) is 0.824. The molecule has 0 spiro atoms. The molecule has 2 aliphatic carbocycles. The van der Waals surface area contributed by atoms with Gasteiger partial charge < -0.3 is 10.1 Å². The van der Waals surface area contributed by atoms with Crippen LogP contribution < -0.4 is 5.32 Å². The van der Waals surface area contributed by atoms with Gasteiger partial charge in [0.15, 0.2) is 0 Å². The highest BCUT2D eigenvalue weighted by atomic mass is 16.5. The lowest BCUT2D eigenvalue weighted by atomic mass is 9.97. The number of esters is 1. The summed E-state index contributed by atoms with van der Waals surface area (Å²) < 4.78 is 5.28. The summed E-state index contributed by atoms with van der Waals surface area (Å²) in [7, 11) is 1.89. The van der Waals surface area contributed by atoms with Gasteiger partial charge in [0, 0.05) is 18.6 Å². The van der Waals surface area contributed by atoms with Crippen LogP contribution >= 0.6 is 0 Å². The largest absolute Gasteiger partial charge is 0.465 e. The molecule has 0 aromatic heterocycles. The van der Waals surface area contributed by atoms with E-state index in [9.17, 15) is 4.79 Å². The Kier molecular flexibility index (Phi) is 5.08. The molecule has 2 atom stereocenters. The molecule has 2 unspecified atom stereocenters. The maximum atomic E-state index is 12.3. The second-order valence-corrected chi connectivity index (χ2v) is 6.68. The van der Waals surface area contributed by atoms with Gasteiger partial charge in [-0.2, -0.15) is 0 Å². The second kappa shape index (κ2) is 6.44. The molecule has 0 saturated heterocycles. The minimum Gasteiger partial charge on any atom is -0.465 e. The van der Waals surface area contributed by atoms with Gasteiger partial charge in [-0.05, 0) is 65.8 Å². The highest BCUT2D eigenvalue weighted by molar-refractivity contribution is 5.81. The fourth-order valence-corrected chi connectivity index (χ4v) is 3.47. The molecule has 0 amide bonds. The Labute approximate surface area is 123 Å². The fourth-order valence-electron chi connectivity index (χ4n) is 3.47. The lowest BCUT2D eigenvalue weighted by Crippen LogP contribution is -2.51. The summed E-state index contributed by atoms with van der Waals surface area (Å²) in [5, 5.41) is 3.25. The number of ether oxygens (including phenoxy) is 1. The Hall–Kier alpha value is -0.610. The van der Waals surface area contributed by atoms with E-state index < -0.39 is 5.54 Å². The van der Waals surface area contributed by atoms with Crippen LogP contribution in [0.4, 0.5) is 0 Å². The summed E-state index contributed by atoms with van der Waals surface area (Å²) in [6, 6.07) is 1.06. The predicted molar refractivity (Wildman–Crippen MR) is 80.6 cm³/mol. The molecule has 2 aliphatic rings. The molecular weight excluding hydrogens is 252 g/mol. The maximum Gasteiger partial charge on any atom is 0.326 e. The van der Waals surface area contributed by atoms with Crippen LogP contribution in [-0.4, -0.2) is 48.7 Å². The normalized spacial score (nSPS) is 30.2. The van der Waals surface area contributed by atoms with Gasteiger partial charge in [-0.1, -0.05) is 0 Å². The molecule has 20 heavy (non-hydrogen) atoms. The van der Waals surface area contributed by atoms with E-state index in [2.05, 4.69) is 24.1 Å². The molecule has 1 N–H and O–H groups in total. The molecule has 0 bridgehead atoms. The van der Waals surface area contributed by atoms with E-state index in [0.717, 1.165) is 25.2 Å². The van der Waals surface area contributed by atoms with Gasteiger partial charge in [-0.15, -0.1) is 0 Å². The van der Waals surface area contributed by atoms with Crippen molar-refractivity contribution in [3.8, 4) is 0 Å². The zero-order valence-corrected chi connectivity index (χ0v) is 13.4. The van der Waals surface area contributed by atoms with Crippen molar-refractivity contribution < 1.29 is 9.53 Å². The number of hydrogen-bond donors (Lipinski definition) is 1. The van der Waals surface area contributed by atoms with E-state index >= 15 is 0 Å². The molecule has 2 saturated carbocycles. The van der Waals surface area contributed by atoms with Gasteiger partial charge in [-0.25, -0.2) is 0 Å². The zero-order chi connectivity index (χ0) is 14.8. The second-order valence-electron chi connectivity index (χ2n) is 6.68. The first-order valence-corrected chi connectivity index (χ1v) is 8.14. The first kappa shape index (κ1) is 15.8. The van der Waals surface area contributed by atoms with Crippen molar-refractivity contribution in [2.24, 2.45) is 5.92 Å². The number of carbonyl (C=O) groups excluding carboxylic acids is 1. The predicted octanol–water partition coefficient (Wildman–Crippen LogP) is 2.18. The molecular formula is C16H30N2O2. The summed E-state index contributed by atoms with van der Waals surface area (Å²) in [5.41, 5.74) is -0.461. The quantitative estimate of drug-likeness (QED) is 0.727. The van der Waals surface area contributed by atoms with Crippen molar-refractivity contribution >= 4 is 5.97 Å². The van der Waals surface area contributed by atoms with Gasteiger partial charge >= 0.3 is 5.97 Å². The summed E-state index contributed by atoms with van der Waals surface area (Å²) in [6.45, 7) is 8.08. The van der Waals surface area contributed by atoms with E-state index in [1.165, 1.54) is 19.4 Å². The first-order chi connectivity index (χ1) is 9.52. The molecule has 0 aromatic rings. The van der Waals surface area contributed by atoms with Crippen molar-refractivity contribution in [2.75, 3.05) is 20.2 Å². The topological polar surface area (TPSA) is 41.6 Å². The summed E-state index contributed by atoms with van der Waals surface area (Å²) in [6.07, 6.45) is 5.62. The number of hydrogen-bond acceptors (Lipinski definition) is 4. The van der Waals surface area contributed by atoms with Crippen molar-refractivity contribution in [2.45, 2.75) is 70.5 Å². The molecule has 0 radical (unpaired) electrons. The zero-order valence-electron chi connectivity index (χ0n) is 13.4. The number of likely N-dealkylation sites (N-methyl/N-ethyl adjacent to an activating group) is 1. The Balaban J connectivity index is 2.02. The van der Waals surface area contributed by atoms with Crippen molar-refractivity contribution in [1.82, 2.24) is 10.2 Å². The van der Waals surface area contributed by atoms with Crippen LogP contribution in [0.5, 0.6) is 0 Å². The molecule has 2 rings (SSSR count). The highest BCUT2D eigenvalue weighted by Gasteiger charge is 2.47. The van der Waals surface area contributed by atoms with Crippen LogP contribution in [-0.2, 0) is 9.53 Å². The average molecular weight is 282 g/mol. The van der Waals surface area contributed by atoms with E-state index in [1.54, 1.807) is 0 Å². The van der Waals surface area contributed by atoms with E-state index in [4.69, 9.17) is 4.74 Å². The highest BCUT2D eigenvalue weighted by Crippen LogP contribution is 2.38. The maximum absolute atomic E-state index is 12.3. The number of carbonyl (C=O) groups is 1. The SMILES string of the molecule is CCOC(=O)C1(NC)CCC(N(CC2CC2)C(C)C)C1. The van der Waals surface area contributed by atoms with Gasteiger partial charge in [0.1, 0.15) is 5.54 Å².